The van der Waals surface area contributed by atoms with Crippen LogP contribution in [0.3, 0.4) is 0 Å². The second-order valence-electron chi connectivity index (χ2n) is 6.78. The molecule has 0 saturated heterocycles. The quantitative estimate of drug-likeness (QED) is 0.442. The van der Waals surface area contributed by atoms with Gasteiger partial charge >= 0.3 is 0 Å². The molecule has 0 aliphatic rings. The first-order chi connectivity index (χ1) is 13.8. The fraction of sp³-hybridized carbons (Fsp3) is 0.200. The molecule has 0 unspecified atom stereocenters. The minimum absolute atomic E-state index is 0.0352. The third-order valence-corrected chi connectivity index (χ3v) is 4.51. The first kappa shape index (κ1) is 22.0. The molecule has 2 aromatic carbocycles. The van der Waals surface area contributed by atoms with Crippen molar-refractivity contribution in [1.82, 2.24) is 5.32 Å². The van der Waals surface area contributed by atoms with Gasteiger partial charge in [-0.05, 0) is 62.6 Å². The third-order valence-electron chi connectivity index (χ3n) is 4.51. The summed E-state index contributed by atoms with van der Waals surface area (Å²) in [5.74, 6) is 0.0440. The van der Waals surface area contributed by atoms with E-state index in [0.29, 0.717) is 28.2 Å². The van der Waals surface area contributed by atoms with E-state index in [1.54, 1.807) is 12.1 Å². The van der Waals surface area contributed by atoms with Crippen LogP contribution in [0.15, 0.2) is 89.7 Å². The molecule has 29 heavy (non-hydrogen) atoms. The Bertz CT molecular complexity index is 954. The van der Waals surface area contributed by atoms with Gasteiger partial charge in [0.15, 0.2) is 5.78 Å². The van der Waals surface area contributed by atoms with Gasteiger partial charge in [-0.2, -0.15) is 0 Å². The Hall–Kier alpha value is -3.27. The summed E-state index contributed by atoms with van der Waals surface area (Å²) in [4.78, 5) is 17.0. The second kappa shape index (κ2) is 10.3. The molecule has 1 N–H and O–H groups in total. The molecule has 2 aromatic rings. The van der Waals surface area contributed by atoms with E-state index in [2.05, 4.69) is 16.9 Å². The lowest BCUT2D eigenvalue weighted by atomic mass is 9.94. The predicted octanol–water partition coefficient (Wildman–Crippen LogP) is 6.03. The van der Waals surface area contributed by atoms with Gasteiger partial charge in [0, 0.05) is 11.6 Å². The third kappa shape index (κ3) is 6.11. The highest BCUT2D eigenvalue weighted by atomic mass is 19.1. The zero-order valence-electron chi connectivity index (χ0n) is 17.4. The molecule has 4 heteroatoms. The minimum Gasteiger partial charge on any atom is -0.364 e. The number of benzene rings is 2. The van der Waals surface area contributed by atoms with E-state index >= 15 is 0 Å². The van der Waals surface area contributed by atoms with E-state index < -0.39 is 0 Å². The second-order valence-corrected chi connectivity index (χ2v) is 6.78. The molecular formula is C25H27FN2O. The number of nitrogens with zero attached hydrogens (tertiary/aromatic N) is 1. The summed E-state index contributed by atoms with van der Waals surface area (Å²) in [5.41, 5.74) is 3.62. The summed E-state index contributed by atoms with van der Waals surface area (Å²) < 4.78 is 13.3. The minimum atomic E-state index is -0.343. The number of nitrogens with one attached hydrogen (secondary N) is 1. The lowest BCUT2D eigenvalue weighted by Gasteiger charge is -2.16. The van der Waals surface area contributed by atoms with Crippen LogP contribution in [0.1, 0.15) is 44.9 Å². The zero-order chi connectivity index (χ0) is 21.4. The highest BCUT2D eigenvalue weighted by Crippen LogP contribution is 2.23. The number of ketones is 1. The van der Waals surface area contributed by atoms with Crippen LogP contribution in [0.25, 0.3) is 5.57 Å². The topological polar surface area (TPSA) is 41.5 Å². The molecular weight excluding hydrogens is 363 g/mol. The SMILES string of the molecule is C=C(/N=C(\C=C/C)C(/C)=C(/C(C)=O)c1ccc(F)cc1)N[C@@H](C)c1ccccc1. The summed E-state index contributed by atoms with van der Waals surface area (Å²) in [5, 5.41) is 3.28. The maximum absolute atomic E-state index is 13.3. The summed E-state index contributed by atoms with van der Waals surface area (Å²) in [6.07, 6.45) is 3.69. The Balaban J connectivity index is 2.38. The Morgan fingerprint density at radius 2 is 1.72 bits per heavy atom. The molecule has 3 nitrogen and oxygen atoms in total. The summed E-state index contributed by atoms with van der Waals surface area (Å²) in [6, 6.07) is 16.0. The molecule has 0 radical (unpaired) electrons. The number of hydrogen-bond acceptors (Lipinski definition) is 3. The standard InChI is InChI=1S/C25H27FN2O/c1-6-10-24(28-20(5)27-18(3)21-11-8-7-9-12-21)17(2)25(19(4)29)22-13-15-23(26)16-14-22/h6-16,18,27H,5H2,1-4H3/b10-6-,25-17-,28-24+/t18-/m0/s1. The van der Waals surface area contributed by atoms with Crippen molar-refractivity contribution in [2.75, 3.05) is 0 Å². The number of aliphatic imine (C=N–C) groups is 1. The molecule has 0 saturated carbocycles. The van der Waals surface area contributed by atoms with Gasteiger partial charge in [0.25, 0.3) is 0 Å². The highest BCUT2D eigenvalue weighted by molar-refractivity contribution is 6.28. The maximum atomic E-state index is 13.3. The smallest absolute Gasteiger partial charge is 0.160 e. The van der Waals surface area contributed by atoms with Crippen LogP contribution in [0, 0.1) is 5.82 Å². The molecule has 0 heterocycles. The summed E-state index contributed by atoms with van der Waals surface area (Å²) in [7, 11) is 0. The summed E-state index contributed by atoms with van der Waals surface area (Å²) >= 11 is 0. The van der Waals surface area contributed by atoms with Gasteiger partial charge in [-0.1, -0.05) is 55.1 Å². The number of hydrogen-bond donors (Lipinski definition) is 1. The van der Waals surface area contributed by atoms with E-state index in [4.69, 9.17) is 0 Å². The average molecular weight is 391 g/mol. The molecule has 0 aliphatic heterocycles. The monoisotopic (exact) mass is 390 g/mol. The van der Waals surface area contributed by atoms with E-state index in [9.17, 15) is 9.18 Å². The fourth-order valence-corrected chi connectivity index (χ4v) is 3.09. The van der Waals surface area contributed by atoms with Gasteiger partial charge in [-0.3, -0.25) is 4.79 Å². The van der Waals surface area contributed by atoms with E-state index in [-0.39, 0.29) is 17.6 Å². The largest absolute Gasteiger partial charge is 0.364 e. The van der Waals surface area contributed by atoms with Crippen molar-refractivity contribution < 1.29 is 9.18 Å². The number of Topliss-reactive ketones (excluding diaryl/α,β-unsaturated/α-hetero) is 1. The first-order valence-electron chi connectivity index (χ1n) is 9.53. The highest BCUT2D eigenvalue weighted by Gasteiger charge is 2.15. The van der Waals surface area contributed by atoms with E-state index in [1.165, 1.54) is 19.1 Å². The van der Waals surface area contributed by atoms with Crippen LogP contribution in [-0.2, 0) is 4.79 Å². The zero-order valence-corrected chi connectivity index (χ0v) is 17.4. The van der Waals surface area contributed by atoms with Crippen LogP contribution >= 0.6 is 0 Å². The molecule has 0 spiro atoms. The maximum Gasteiger partial charge on any atom is 0.160 e. The Kier molecular flexibility index (Phi) is 7.84. The van der Waals surface area contributed by atoms with Crippen molar-refractivity contribution in [3.63, 3.8) is 0 Å². The lowest BCUT2D eigenvalue weighted by Crippen LogP contribution is -2.17. The Morgan fingerprint density at radius 1 is 1.10 bits per heavy atom. The van der Waals surface area contributed by atoms with Crippen molar-refractivity contribution in [3.05, 3.63) is 102 Å². The molecule has 0 amide bonds. The lowest BCUT2D eigenvalue weighted by molar-refractivity contribution is -0.111. The molecule has 1 atom stereocenters. The van der Waals surface area contributed by atoms with Gasteiger partial charge in [-0.25, -0.2) is 9.38 Å². The molecule has 0 aliphatic carbocycles. The first-order valence-corrected chi connectivity index (χ1v) is 9.53. The van der Waals surface area contributed by atoms with Crippen molar-refractivity contribution in [3.8, 4) is 0 Å². The van der Waals surface area contributed by atoms with Crippen molar-refractivity contribution in [2.45, 2.75) is 33.7 Å². The summed E-state index contributed by atoms with van der Waals surface area (Å²) in [6.45, 7) is 11.3. The fourth-order valence-electron chi connectivity index (χ4n) is 3.09. The van der Waals surface area contributed by atoms with Crippen LogP contribution < -0.4 is 5.32 Å². The van der Waals surface area contributed by atoms with Crippen molar-refractivity contribution >= 4 is 17.1 Å². The normalized spacial score (nSPS) is 13.8. The van der Waals surface area contributed by atoms with Gasteiger partial charge < -0.3 is 5.32 Å². The number of carbonyl (C=O) groups excluding carboxylic acids is 1. The molecule has 0 bridgehead atoms. The van der Waals surface area contributed by atoms with Crippen LogP contribution in [0.4, 0.5) is 4.39 Å². The van der Waals surface area contributed by atoms with Gasteiger partial charge in [0.05, 0.1) is 5.71 Å². The van der Waals surface area contributed by atoms with Gasteiger partial charge in [-0.15, -0.1) is 0 Å². The predicted molar refractivity (Wildman–Crippen MR) is 119 cm³/mol. The molecule has 150 valence electrons. The van der Waals surface area contributed by atoms with Crippen LogP contribution in [0.2, 0.25) is 0 Å². The number of carbonyl (C=O) groups is 1. The van der Waals surface area contributed by atoms with Gasteiger partial charge in [0.1, 0.15) is 11.6 Å². The molecule has 0 aromatic heterocycles. The van der Waals surface area contributed by atoms with E-state index in [0.717, 1.165) is 5.56 Å². The van der Waals surface area contributed by atoms with Gasteiger partial charge in [0.2, 0.25) is 0 Å². The Labute approximate surface area is 172 Å². The van der Waals surface area contributed by atoms with Crippen molar-refractivity contribution in [1.29, 1.82) is 0 Å². The average Bonchev–Trinajstić information content (AvgIpc) is 2.69. The number of halogens is 1. The number of rotatable bonds is 8. The number of allylic oxidation sites excluding steroid dienone is 4. The Morgan fingerprint density at radius 3 is 2.28 bits per heavy atom. The van der Waals surface area contributed by atoms with E-state index in [1.807, 2.05) is 63.3 Å². The van der Waals surface area contributed by atoms with Crippen molar-refractivity contribution in [2.24, 2.45) is 4.99 Å². The molecule has 0 fully saturated rings. The molecule has 2 rings (SSSR count). The van der Waals surface area contributed by atoms with Crippen LogP contribution in [0.5, 0.6) is 0 Å². The van der Waals surface area contributed by atoms with Crippen LogP contribution in [-0.4, -0.2) is 11.5 Å².